The van der Waals surface area contributed by atoms with E-state index in [0.717, 1.165) is 17.8 Å². The van der Waals surface area contributed by atoms with Crippen LogP contribution in [0, 0.1) is 5.82 Å². The van der Waals surface area contributed by atoms with Crippen molar-refractivity contribution in [2.45, 2.75) is 17.4 Å². The van der Waals surface area contributed by atoms with Crippen molar-refractivity contribution < 1.29 is 17.6 Å². The van der Waals surface area contributed by atoms with Gasteiger partial charge in [-0.2, -0.15) is 4.72 Å². The monoisotopic (exact) mass is 334 g/mol. The van der Waals surface area contributed by atoms with Crippen LogP contribution in [0.1, 0.15) is 6.42 Å². The lowest BCUT2D eigenvalue weighted by Crippen LogP contribution is -2.41. The van der Waals surface area contributed by atoms with E-state index in [-0.39, 0.29) is 10.8 Å². The number of sulfonamides is 1. The molecular formula is C16H15FN2O3S. The Morgan fingerprint density at radius 2 is 1.83 bits per heavy atom. The van der Waals surface area contributed by atoms with Gasteiger partial charge in [0.05, 0.1) is 4.90 Å². The van der Waals surface area contributed by atoms with Crippen LogP contribution < -0.4 is 9.62 Å². The lowest BCUT2D eigenvalue weighted by atomic mass is 10.3. The molecule has 0 radical (unpaired) electrons. The minimum absolute atomic E-state index is 0.191. The van der Waals surface area contributed by atoms with Crippen LogP contribution >= 0.6 is 0 Å². The van der Waals surface area contributed by atoms with E-state index in [4.69, 9.17) is 0 Å². The average molecular weight is 334 g/mol. The predicted molar refractivity (Wildman–Crippen MR) is 83.9 cm³/mol. The average Bonchev–Trinajstić information content (AvgIpc) is 2.89. The number of halogens is 1. The second-order valence-electron chi connectivity index (χ2n) is 5.25. The summed E-state index contributed by atoms with van der Waals surface area (Å²) in [6.07, 6.45) is 0.363. The molecule has 0 spiro atoms. The molecule has 1 aliphatic heterocycles. The van der Waals surface area contributed by atoms with E-state index in [9.17, 15) is 17.6 Å². The Balaban J connectivity index is 1.78. The summed E-state index contributed by atoms with van der Waals surface area (Å²) < 4.78 is 40.1. The topological polar surface area (TPSA) is 66.5 Å². The Labute approximate surface area is 133 Å². The normalized spacial score (nSPS) is 18.4. The summed E-state index contributed by atoms with van der Waals surface area (Å²) in [5.41, 5.74) is 0.727. The highest BCUT2D eigenvalue weighted by atomic mass is 32.2. The number of amides is 1. The fraction of sp³-hybridized carbons (Fsp3) is 0.188. The van der Waals surface area contributed by atoms with Gasteiger partial charge in [0.15, 0.2) is 0 Å². The zero-order valence-electron chi connectivity index (χ0n) is 12.1. The van der Waals surface area contributed by atoms with Gasteiger partial charge in [0, 0.05) is 12.2 Å². The zero-order chi connectivity index (χ0) is 16.4. The Morgan fingerprint density at radius 3 is 2.52 bits per heavy atom. The molecule has 3 rings (SSSR count). The number of nitrogens with zero attached hydrogens (tertiary/aromatic N) is 1. The maximum atomic E-state index is 13.2. The number of hydrogen-bond donors (Lipinski definition) is 1. The zero-order valence-corrected chi connectivity index (χ0v) is 13.0. The van der Waals surface area contributed by atoms with Crippen LogP contribution in [0.4, 0.5) is 10.1 Å². The molecule has 1 N–H and O–H groups in total. The molecule has 1 heterocycles. The van der Waals surface area contributed by atoms with Crippen LogP contribution in [0.3, 0.4) is 0 Å². The van der Waals surface area contributed by atoms with E-state index in [1.807, 2.05) is 18.2 Å². The summed E-state index contributed by atoms with van der Waals surface area (Å²) in [5, 5.41) is 0. The van der Waals surface area contributed by atoms with Crippen molar-refractivity contribution in [1.82, 2.24) is 4.72 Å². The molecule has 1 aliphatic rings. The van der Waals surface area contributed by atoms with Gasteiger partial charge in [0.25, 0.3) is 0 Å². The quantitative estimate of drug-likeness (QED) is 0.929. The van der Waals surface area contributed by atoms with Crippen LogP contribution in [-0.2, 0) is 14.8 Å². The van der Waals surface area contributed by atoms with Crippen LogP contribution in [0.15, 0.2) is 59.5 Å². The number of anilines is 1. The second kappa shape index (κ2) is 6.10. The first-order valence-electron chi connectivity index (χ1n) is 7.12. The van der Waals surface area contributed by atoms with Gasteiger partial charge in [0.1, 0.15) is 11.9 Å². The molecule has 2 aromatic rings. The summed E-state index contributed by atoms with van der Waals surface area (Å²) in [6, 6.07) is 12.9. The molecule has 0 aliphatic carbocycles. The summed E-state index contributed by atoms with van der Waals surface area (Å²) in [6.45, 7) is 0.430. The molecule has 1 amide bonds. The molecular weight excluding hydrogens is 319 g/mol. The fourth-order valence-corrected chi connectivity index (χ4v) is 3.80. The molecule has 23 heavy (non-hydrogen) atoms. The smallest absolute Gasteiger partial charge is 0.245 e. The Morgan fingerprint density at radius 1 is 1.09 bits per heavy atom. The Bertz CT molecular complexity index is 824. The standard InChI is InChI=1S/C16H15FN2O3S/c17-12-5-4-8-14(11-12)23(21,22)18-15-9-10-19(16(15)20)13-6-2-1-3-7-13/h1-8,11,15,18H,9-10H2. The molecule has 7 heteroatoms. The minimum Gasteiger partial charge on any atom is -0.311 e. The van der Waals surface area contributed by atoms with Gasteiger partial charge < -0.3 is 4.90 Å². The molecule has 120 valence electrons. The van der Waals surface area contributed by atoms with Gasteiger partial charge >= 0.3 is 0 Å². The maximum Gasteiger partial charge on any atom is 0.245 e. The van der Waals surface area contributed by atoms with Gasteiger partial charge in [-0.3, -0.25) is 4.79 Å². The van der Waals surface area contributed by atoms with E-state index < -0.39 is 21.9 Å². The maximum absolute atomic E-state index is 13.2. The van der Waals surface area contributed by atoms with Gasteiger partial charge in [-0.25, -0.2) is 12.8 Å². The Kier molecular flexibility index (Phi) is 4.14. The van der Waals surface area contributed by atoms with E-state index in [2.05, 4.69) is 4.72 Å². The number of hydrogen-bond acceptors (Lipinski definition) is 3. The van der Waals surface area contributed by atoms with Crippen molar-refractivity contribution >= 4 is 21.6 Å². The number of carbonyl (C=O) groups excluding carboxylic acids is 1. The van der Waals surface area contributed by atoms with Gasteiger partial charge in [-0.05, 0) is 36.8 Å². The van der Waals surface area contributed by atoms with E-state index in [1.165, 1.54) is 12.1 Å². The van der Waals surface area contributed by atoms with Crippen LogP contribution in [-0.4, -0.2) is 26.9 Å². The largest absolute Gasteiger partial charge is 0.311 e. The van der Waals surface area contributed by atoms with Crippen LogP contribution in [0.2, 0.25) is 0 Å². The second-order valence-corrected chi connectivity index (χ2v) is 6.96. The van der Waals surface area contributed by atoms with Crippen molar-refractivity contribution in [1.29, 1.82) is 0 Å². The first-order valence-corrected chi connectivity index (χ1v) is 8.60. The van der Waals surface area contributed by atoms with Crippen molar-refractivity contribution in [2.24, 2.45) is 0 Å². The van der Waals surface area contributed by atoms with Crippen molar-refractivity contribution in [2.75, 3.05) is 11.4 Å². The molecule has 1 atom stereocenters. The third kappa shape index (κ3) is 3.25. The number of benzene rings is 2. The number of carbonyl (C=O) groups is 1. The highest BCUT2D eigenvalue weighted by molar-refractivity contribution is 7.89. The molecule has 5 nitrogen and oxygen atoms in total. The lowest BCUT2D eigenvalue weighted by Gasteiger charge is -2.17. The molecule has 1 saturated heterocycles. The van der Waals surface area contributed by atoms with Crippen LogP contribution in [0.5, 0.6) is 0 Å². The molecule has 2 aromatic carbocycles. The van der Waals surface area contributed by atoms with Gasteiger partial charge in [-0.1, -0.05) is 24.3 Å². The number of rotatable bonds is 4. The summed E-state index contributed by atoms with van der Waals surface area (Å²) in [4.78, 5) is 13.8. The molecule has 0 aromatic heterocycles. The SMILES string of the molecule is O=C1C(NS(=O)(=O)c2cccc(F)c2)CCN1c1ccccc1. The van der Waals surface area contributed by atoms with Crippen molar-refractivity contribution in [3.8, 4) is 0 Å². The number of nitrogens with one attached hydrogen (secondary N) is 1. The minimum atomic E-state index is -3.94. The van der Waals surface area contributed by atoms with E-state index >= 15 is 0 Å². The molecule has 1 unspecified atom stereocenters. The number of para-hydroxylation sites is 1. The van der Waals surface area contributed by atoms with Crippen LogP contribution in [0.25, 0.3) is 0 Å². The van der Waals surface area contributed by atoms with Crippen molar-refractivity contribution in [3.63, 3.8) is 0 Å². The van der Waals surface area contributed by atoms with Gasteiger partial charge in [-0.15, -0.1) is 0 Å². The molecule has 0 saturated carbocycles. The third-order valence-corrected chi connectivity index (χ3v) is 5.15. The van der Waals surface area contributed by atoms with Gasteiger partial charge in [0.2, 0.25) is 15.9 Å². The highest BCUT2D eigenvalue weighted by Gasteiger charge is 2.35. The highest BCUT2D eigenvalue weighted by Crippen LogP contribution is 2.22. The van der Waals surface area contributed by atoms with E-state index in [0.29, 0.717) is 13.0 Å². The summed E-state index contributed by atoms with van der Waals surface area (Å²) >= 11 is 0. The lowest BCUT2D eigenvalue weighted by molar-refractivity contribution is -0.118. The fourth-order valence-electron chi connectivity index (χ4n) is 2.54. The first kappa shape index (κ1) is 15.6. The third-order valence-electron chi connectivity index (χ3n) is 3.68. The predicted octanol–water partition coefficient (Wildman–Crippen LogP) is 1.91. The molecule has 0 bridgehead atoms. The Hall–Kier alpha value is -2.25. The van der Waals surface area contributed by atoms with E-state index in [1.54, 1.807) is 17.0 Å². The molecule has 1 fully saturated rings. The first-order chi connectivity index (χ1) is 11.0. The summed E-state index contributed by atoms with van der Waals surface area (Å²) in [5.74, 6) is -0.951. The summed E-state index contributed by atoms with van der Waals surface area (Å²) in [7, 11) is -3.94. The van der Waals surface area contributed by atoms with Crippen molar-refractivity contribution in [3.05, 3.63) is 60.4 Å².